The third-order valence-corrected chi connectivity index (χ3v) is 18.5. The largest absolute Gasteiger partial charge is 0.394 e. The summed E-state index contributed by atoms with van der Waals surface area (Å²) in [6.45, 7) is 1.67. The molecule has 17 atom stereocenters. The topological polar surface area (TPSA) is 307 Å². The van der Waals surface area contributed by atoms with E-state index in [1.165, 1.54) is 83.5 Å². The number of carbonyl (C=O) groups is 1. The van der Waals surface area contributed by atoms with Gasteiger partial charge in [-0.05, 0) is 96.3 Å². The Kier molecular flexibility index (Phi) is 55.2. The van der Waals surface area contributed by atoms with Crippen molar-refractivity contribution in [2.24, 2.45) is 0 Å². The van der Waals surface area contributed by atoms with Gasteiger partial charge in [0.05, 0.1) is 38.6 Å². The zero-order chi connectivity index (χ0) is 73.2. The van der Waals surface area contributed by atoms with Gasteiger partial charge in [-0.2, -0.15) is 0 Å². The molecule has 12 N–H and O–H groups in total. The highest BCUT2D eigenvalue weighted by Gasteiger charge is 2.54. The predicted molar refractivity (Wildman–Crippen MR) is 401 cm³/mol. The highest BCUT2D eigenvalue weighted by atomic mass is 16.8. The smallest absolute Gasteiger partial charge is 0.220 e. The molecule has 0 bridgehead atoms. The Hall–Kier alpha value is -4.07. The van der Waals surface area contributed by atoms with Crippen molar-refractivity contribution in [2.75, 3.05) is 26.4 Å². The number of aliphatic hydroxyl groups excluding tert-OH is 11. The SMILES string of the molecule is CC/C=C\C/C=C\C/C=C\C/C=C\C/C=C\C/C=C\C/C=C\C/C=C\C/C=C\C/C=C\C/C=C\CCCCCCCC(=O)NC(COC1OC(CO)C(OC2OC(CO)C(OC3OC(CO)C(O)C(O)C3O)C(O)C2O)C(O)C1O)C(O)CCCCCCCCCCCCCCCCCCC. The molecule has 3 heterocycles. The van der Waals surface area contributed by atoms with Crippen LogP contribution in [0.25, 0.3) is 0 Å². The fourth-order valence-electron chi connectivity index (χ4n) is 12.3. The van der Waals surface area contributed by atoms with Crippen molar-refractivity contribution in [3.8, 4) is 0 Å². The van der Waals surface area contributed by atoms with Crippen LogP contribution in [0.3, 0.4) is 0 Å². The van der Waals surface area contributed by atoms with E-state index in [2.05, 4.69) is 153 Å². The summed E-state index contributed by atoms with van der Waals surface area (Å²) in [6, 6.07) is -0.908. The van der Waals surface area contributed by atoms with Gasteiger partial charge in [0.25, 0.3) is 0 Å². The molecule has 578 valence electrons. The average Bonchev–Trinajstić information content (AvgIpc) is 0.792. The van der Waals surface area contributed by atoms with Crippen molar-refractivity contribution in [3.63, 3.8) is 0 Å². The van der Waals surface area contributed by atoms with Crippen molar-refractivity contribution in [3.05, 3.63) is 134 Å². The van der Waals surface area contributed by atoms with Crippen LogP contribution in [-0.2, 0) is 33.2 Å². The fourth-order valence-corrected chi connectivity index (χ4v) is 12.3. The van der Waals surface area contributed by atoms with E-state index in [-0.39, 0.29) is 18.9 Å². The number of allylic oxidation sites excluding steroid dienone is 22. The van der Waals surface area contributed by atoms with Crippen LogP contribution >= 0.6 is 0 Å². The molecule has 0 aromatic heterocycles. The van der Waals surface area contributed by atoms with Gasteiger partial charge in [-0.25, -0.2) is 0 Å². The molecule has 17 unspecified atom stereocenters. The molecule has 0 radical (unpaired) electrons. The lowest BCUT2D eigenvalue weighted by Crippen LogP contribution is -2.66. The fraction of sp³-hybridized carbons (Fsp3) is 0.720. The summed E-state index contributed by atoms with van der Waals surface area (Å²) in [5, 5.41) is 121. The number of aliphatic hydroxyl groups is 11. The summed E-state index contributed by atoms with van der Waals surface area (Å²) in [4.78, 5) is 13.5. The maximum atomic E-state index is 13.5. The van der Waals surface area contributed by atoms with Crippen LogP contribution in [0.5, 0.6) is 0 Å². The van der Waals surface area contributed by atoms with Gasteiger partial charge in [-0.3, -0.25) is 4.79 Å². The molecule has 19 heteroatoms. The van der Waals surface area contributed by atoms with E-state index in [1.807, 2.05) is 0 Å². The van der Waals surface area contributed by atoms with Gasteiger partial charge in [0.15, 0.2) is 18.9 Å². The van der Waals surface area contributed by atoms with Crippen molar-refractivity contribution in [2.45, 2.75) is 349 Å². The van der Waals surface area contributed by atoms with E-state index in [1.54, 1.807) is 0 Å². The van der Waals surface area contributed by atoms with Crippen molar-refractivity contribution < 1.29 is 89.4 Å². The Balaban J connectivity index is 1.36. The number of carbonyl (C=O) groups excluding carboxylic acids is 1. The number of ether oxygens (including phenoxy) is 6. The number of hydrogen-bond acceptors (Lipinski definition) is 18. The first kappa shape index (κ1) is 91.1. The summed E-state index contributed by atoms with van der Waals surface area (Å²) in [5.41, 5.74) is 0. The minimum atomic E-state index is -1.98. The molecule has 3 rings (SSSR count). The van der Waals surface area contributed by atoms with Gasteiger partial charge in [-0.1, -0.05) is 276 Å². The van der Waals surface area contributed by atoms with E-state index in [0.29, 0.717) is 12.8 Å². The van der Waals surface area contributed by atoms with Gasteiger partial charge in [-0.15, -0.1) is 0 Å². The summed E-state index contributed by atoms with van der Waals surface area (Å²) in [6.07, 6.45) is 59.6. The van der Waals surface area contributed by atoms with Crippen LogP contribution in [0.1, 0.15) is 245 Å². The van der Waals surface area contributed by atoms with Crippen molar-refractivity contribution >= 4 is 5.91 Å². The minimum absolute atomic E-state index is 0.235. The summed E-state index contributed by atoms with van der Waals surface area (Å²) in [5.74, 6) is -0.266. The molecule has 0 aromatic rings. The second kappa shape index (κ2) is 61.1. The maximum absolute atomic E-state index is 13.5. The normalized spacial score (nSPS) is 27.1. The third-order valence-electron chi connectivity index (χ3n) is 18.5. The molecular weight excluding hydrogens is 1290 g/mol. The zero-order valence-corrected chi connectivity index (χ0v) is 61.6. The Labute approximate surface area is 607 Å². The van der Waals surface area contributed by atoms with Crippen LogP contribution in [0.2, 0.25) is 0 Å². The van der Waals surface area contributed by atoms with Gasteiger partial charge in [0, 0.05) is 6.42 Å². The standard InChI is InChI=1S/C82H137NO18/c1-3-5-7-9-11-13-15-17-19-21-22-23-24-25-26-27-28-29-30-31-32-33-34-35-36-37-38-39-40-41-42-44-46-48-50-52-54-56-58-60-70(88)83-65(66(87)59-57-55-53-51-49-47-45-43-20-18-16-14-12-10-8-6-4-2)64-96-80-76(94)73(91)78(68(62-85)98-80)101-82-77(95)74(92)79(69(63-86)99-82)100-81-75(93)72(90)71(89)67(61-84)97-81/h5,7,11,13,17,19,22-23,25-26,28-29,31-32,34-35,37-38,40-41,44,46,65-69,71-82,84-87,89-95H,3-4,6,8-10,12,14-16,18,20-21,24,27,30,33,36,39,42-43,45,47-64H2,1-2H3,(H,83,88)/b7-5-,13-11-,19-17-,23-22-,26-25-,29-28-,32-31-,35-34-,38-37-,41-40-,46-44-. The molecular formula is C82H137NO18. The number of amides is 1. The molecule has 3 fully saturated rings. The van der Waals surface area contributed by atoms with Gasteiger partial charge in [0.1, 0.15) is 73.2 Å². The lowest BCUT2D eigenvalue weighted by molar-refractivity contribution is -0.379. The number of hydrogen-bond donors (Lipinski definition) is 12. The van der Waals surface area contributed by atoms with Crippen LogP contribution in [0.15, 0.2) is 134 Å². The Morgan fingerprint density at radius 1 is 0.366 bits per heavy atom. The van der Waals surface area contributed by atoms with Crippen LogP contribution in [-0.4, -0.2) is 193 Å². The summed E-state index contributed by atoms with van der Waals surface area (Å²) >= 11 is 0. The summed E-state index contributed by atoms with van der Waals surface area (Å²) < 4.78 is 34.4. The lowest BCUT2D eigenvalue weighted by Gasteiger charge is -2.48. The Bertz CT molecular complexity index is 2350. The highest BCUT2D eigenvalue weighted by molar-refractivity contribution is 5.76. The second-order valence-electron chi connectivity index (χ2n) is 27.1. The molecule has 101 heavy (non-hydrogen) atoms. The van der Waals surface area contributed by atoms with E-state index < -0.39 is 124 Å². The van der Waals surface area contributed by atoms with E-state index in [4.69, 9.17) is 28.4 Å². The average molecular weight is 1420 g/mol. The van der Waals surface area contributed by atoms with Gasteiger partial charge in [0.2, 0.25) is 5.91 Å². The van der Waals surface area contributed by atoms with Crippen LogP contribution < -0.4 is 5.32 Å². The molecule has 0 saturated carbocycles. The molecule has 3 aliphatic heterocycles. The number of unbranched alkanes of at least 4 members (excludes halogenated alkanes) is 21. The first-order valence-electron chi connectivity index (χ1n) is 38.9. The number of rotatable bonds is 59. The number of nitrogens with one attached hydrogen (secondary N) is 1. The predicted octanol–water partition coefficient (Wildman–Crippen LogP) is 12.5. The molecule has 19 nitrogen and oxygen atoms in total. The Morgan fingerprint density at radius 3 is 1.07 bits per heavy atom. The lowest BCUT2D eigenvalue weighted by atomic mass is 9.96. The van der Waals surface area contributed by atoms with E-state index in [0.717, 1.165) is 128 Å². The quantitative estimate of drug-likeness (QED) is 0.0199. The monoisotopic (exact) mass is 1420 g/mol. The van der Waals surface area contributed by atoms with Crippen molar-refractivity contribution in [1.29, 1.82) is 0 Å². The van der Waals surface area contributed by atoms with E-state index >= 15 is 0 Å². The second-order valence-corrected chi connectivity index (χ2v) is 27.1. The van der Waals surface area contributed by atoms with Gasteiger partial charge < -0.3 is 89.9 Å². The maximum Gasteiger partial charge on any atom is 0.220 e. The molecule has 3 saturated heterocycles. The molecule has 0 aliphatic carbocycles. The van der Waals surface area contributed by atoms with Crippen LogP contribution in [0.4, 0.5) is 0 Å². The minimum Gasteiger partial charge on any atom is -0.394 e. The Morgan fingerprint density at radius 2 is 0.683 bits per heavy atom. The molecule has 0 spiro atoms. The third kappa shape index (κ3) is 41.4. The van der Waals surface area contributed by atoms with E-state index in [9.17, 15) is 61.0 Å². The highest BCUT2D eigenvalue weighted by Crippen LogP contribution is 2.33. The van der Waals surface area contributed by atoms with Gasteiger partial charge >= 0.3 is 0 Å². The first-order valence-corrected chi connectivity index (χ1v) is 38.9. The zero-order valence-electron chi connectivity index (χ0n) is 61.6. The van der Waals surface area contributed by atoms with Crippen molar-refractivity contribution in [1.82, 2.24) is 5.32 Å². The first-order chi connectivity index (χ1) is 49.3. The van der Waals surface area contributed by atoms with Crippen LogP contribution in [0, 0.1) is 0 Å². The summed E-state index contributed by atoms with van der Waals surface area (Å²) in [7, 11) is 0. The molecule has 3 aliphatic rings. The molecule has 1 amide bonds. The molecule has 0 aromatic carbocycles.